The minimum Gasteiger partial charge on any atom is -0.354 e. The van der Waals surface area contributed by atoms with Crippen LogP contribution in [0.4, 0.5) is 4.39 Å². The van der Waals surface area contributed by atoms with Crippen LogP contribution in [0.2, 0.25) is 0 Å². The molecule has 0 amide bonds. The van der Waals surface area contributed by atoms with Crippen LogP contribution < -0.4 is 0 Å². The lowest BCUT2D eigenvalue weighted by atomic mass is 9.97. The molecule has 1 aromatic heterocycles. The van der Waals surface area contributed by atoms with Gasteiger partial charge >= 0.3 is 0 Å². The first-order chi connectivity index (χ1) is 10.8. The molecule has 4 rings (SSSR count). The van der Waals surface area contributed by atoms with Gasteiger partial charge < -0.3 is 4.98 Å². The molecule has 0 bridgehead atoms. The molecule has 0 spiro atoms. The molecule has 0 unspecified atom stereocenters. The van der Waals surface area contributed by atoms with Crippen molar-refractivity contribution in [3.63, 3.8) is 0 Å². The molecule has 0 saturated heterocycles. The van der Waals surface area contributed by atoms with Crippen molar-refractivity contribution in [2.75, 3.05) is 0 Å². The normalized spacial score (nSPS) is 11.1. The Balaban J connectivity index is 2.15. The lowest BCUT2D eigenvalue weighted by Gasteiger charge is -2.08. The maximum Gasteiger partial charge on any atom is 0.150 e. The van der Waals surface area contributed by atoms with Gasteiger partial charge in [-0.15, -0.1) is 0 Å². The van der Waals surface area contributed by atoms with Crippen LogP contribution in [0.25, 0.3) is 32.9 Å². The third kappa shape index (κ3) is 1.76. The first-order valence-electron chi connectivity index (χ1n) is 7.03. The fraction of sp³-hybridized carbons (Fsp3) is 0. The average Bonchev–Trinajstić information content (AvgIpc) is 2.93. The molecule has 1 N–H and O–H groups in total. The van der Waals surface area contributed by atoms with E-state index in [4.69, 9.17) is 0 Å². The summed E-state index contributed by atoms with van der Waals surface area (Å²) >= 11 is 0. The highest BCUT2D eigenvalue weighted by Gasteiger charge is 2.15. The minimum absolute atomic E-state index is 0.342. The summed E-state index contributed by atoms with van der Waals surface area (Å²) in [5, 5.41) is 2.11. The van der Waals surface area contributed by atoms with Crippen LogP contribution in [0, 0.1) is 5.82 Å². The molecular formula is C19H12FNO. The topological polar surface area (TPSA) is 32.9 Å². The number of benzene rings is 3. The number of carbonyl (C=O) groups excluding carboxylic acids is 1. The van der Waals surface area contributed by atoms with Crippen LogP contribution in [0.5, 0.6) is 0 Å². The van der Waals surface area contributed by atoms with Crippen molar-refractivity contribution in [2.45, 2.75) is 0 Å². The number of aromatic nitrogens is 1. The Morgan fingerprint density at radius 1 is 0.864 bits per heavy atom. The summed E-state index contributed by atoms with van der Waals surface area (Å²) in [5.41, 5.74) is 3.24. The minimum atomic E-state index is -0.393. The number of aldehydes is 1. The van der Waals surface area contributed by atoms with E-state index in [1.807, 2.05) is 42.5 Å². The van der Waals surface area contributed by atoms with Crippen molar-refractivity contribution in [2.24, 2.45) is 0 Å². The second kappa shape index (κ2) is 4.81. The second-order valence-corrected chi connectivity index (χ2v) is 5.22. The largest absolute Gasteiger partial charge is 0.354 e. The zero-order chi connectivity index (χ0) is 15.1. The van der Waals surface area contributed by atoms with Gasteiger partial charge in [0.15, 0.2) is 6.29 Å². The zero-order valence-corrected chi connectivity index (χ0v) is 11.6. The highest BCUT2D eigenvalue weighted by atomic mass is 19.1. The van der Waals surface area contributed by atoms with Gasteiger partial charge in [-0.1, -0.05) is 48.5 Å². The third-order valence-electron chi connectivity index (χ3n) is 3.98. The van der Waals surface area contributed by atoms with Crippen LogP contribution >= 0.6 is 0 Å². The lowest BCUT2D eigenvalue weighted by molar-refractivity contribution is 0.112. The summed E-state index contributed by atoms with van der Waals surface area (Å²) in [6, 6.07) is 18.2. The number of halogens is 1. The van der Waals surface area contributed by atoms with Crippen molar-refractivity contribution >= 4 is 28.1 Å². The third-order valence-corrected chi connectivity index (χ3v) is 3.98. The van der Waals surface area contributed by atoms with Gasteiger partial charge in [0.1, 0.15) is 5.82 Å². The average molecular weight is 289 g/mol. The van der Waals surface area contributed by atoms with E-state index in [9.17, 15) is 9.18 Å². The SMILES string of the molecule is O=Cc1cccc(F)c1-c1cccc2c1[nH]c1ccccc12. The Labute approximate surface area is 126 Å². The number of fused-ring (bicyclic) bond motifs is 3. The summed E-state index contributed by atoms with van der Waals surface area (Å²) in [6.45, 7) is 0. The Bertz CT molecular complexity index is 1020. The van der Waals surface area contributed by atoms with Crippen molar-refractivity contribution in [3.05, 3.63) is 72.0 Å². The van der Waals surface area contributed by atoms with Gasteiger partial charge in [-0.2, -0.15) is 0 Å². The van der Waals surface area contributed by atoms with E-state index < -0.39 is 5.82 Å². The second-order valence-electron chi connectivity index (χ2n) is 5.22. The fourth-order valence-electron chi connectivity index (χ4n) is 3.00. The molecule has 22 heavy (non-hydrogen) atoms. The van der Waals surface area contributed by atoms with E-state index in [2.05, 4.69) is 4.98 Å². The van der Waals surface area contributed by atoms with E-state index in [0.29, 0.717) is 23.0 Å². The van der Waals surface area contributed by atoms with Gasteiger partial charge in [0.05, 0.1) is 5.52 Å². The van der Waals surface area contributed by atoms with E-state index in [0.717, 1.165) is 21.8 Å². The zero-order valence-electron chi connectivity index (χ0n) is 11.6. The number of hydrogen-bond acceptors (Lipinski definition) is 1. The molecule has 4 aromatic rings. The molecule has 2 nitrogen and oxygen atoms in total. The number of rotatable bonds is 2. The van der Waals surface area contributed by atoms with Crippen molar-refractivity contribution in [1.82, 2.24) is 4.98 Å². The van der Waals surface area contributed by atoms with Crippen molar-refractivity contribution in [1.29, 1.82) is 0 Å². The van der Waals surface area contributed by atoms with Gasteiger partial charge in [0, 0.05) is 33.0 Å². The number of H-pyrrole nitrogens is 1. The molecule has 0 radical (unpaired) electrons. The monoisotopic (exact) mass is 289 g/mol. The van der Waals surface area contributed by atoms with Gasteiger partial charge in [-0.25, -0.2) is 4.39 Å². The molecule has 0 atom stereocenters. The van der Waals surface area contributed by atoms with Gasteiger partial charge in [0.2, 0.25) is 0 Å². The van der Waals surface area contributed by atoms with E-state index in [1.54, 1.807) is 12.1 Å². The molecule has 0 fully saturated rings. The summed E-state index contributed by atoms with van der Waals surface area (Å²) in [5.74, 6) is -0.393. The van der Waals surface area contributed by atoms with Crippen LogP contribution in [0.15, 0.2) is 60.7 Å². The molecule has 0 aliphatic rings. The number of carbonyl (C=O) groups is 1. The van der Waals surface area contributed by atoms with Gasteiger partial charge in [-0.3, -0.25) is 4.79 Å². The maximum atomic E-state index is 14.3. The van der Waals surface area contributed by atoms with Crippen LogP contribution in [0.3, 0.4) is 0 Å². The fourth-order valence-corrected chi connectivity index (χ4v) is 3.00. The number of hydrogen-bond donors (Lipinski definition) is 1. The van der Waals surface area contributed by atoms with E-state index >= 15 is 0 Å². The Morgan fingerprint density at radius 3 is 2.50 bits per heavy atom. The maximum absolute atomic E-state index is 14.3. The molecule has 3 aromatic carbocycles. The number of aromatic amines is 1. The predicted molar refractivity (Wildman–Crippen MR) is 86.6 cm³/mol. The summed E-state index contributed by atoms with van der Waals surface area (Å²) in [4.78, 5) is 14.6. The quantitative estimate of drug-likeness (QED) is 0.521. The summed E-state index contributed by atoms with van der Waals surface area (Å²) < 4.78 is 14.3. The Morgan fingerprint density at radius 2 is 1.64 bits per heavy atom. The lowest BCUT2D eigenvalue weighted by Crippen LogP contribution is -1.92. The Kier molecular flexibility index (Phi) is 2.79. The van der Waals surface area contributed by atoms with Gasteiger partial charge in [0.25, 0.3) is 0 Å². The molecular weight excluding hydrogens is 277 g/mol. The molecule has 1 heterocycles. The Hall–Kier alpha value is -2.94. The summed E-state index contributed by atoms with van der Waals surface area (Å²) in [6.07, 6.45) is 0.694. The van der Waals surface area contributed by atoms with Crippen molar-refractivity contribution in [3.8, 4) is 11.1 Å². The molecule has 0 saturated carbocycles. The molecule has 3 heteroatoms. The number of nitrogens with one attached hydrogen (secondary N) is 1. The van der Waals surface area contributed by atoms with Crippen LogP contribution in [-0.4, -0.2) is 11.3 Å². The summed E-state index contributed by atoms with van der Waals surface area (Å²) in [7, 11) is 0. The molecule has 0 aliphatic heterocycles. The van der Waals surface area contributed by atoms with Crippen LogP contribution in [0.1, 0.15) is 10.4 Å². The van der Waals surface area contributed by atoms with E-state index in [-0.39, 0.29) is 0 Å². The molecule has 0 aliphatic carbocycles. The number of para-hydroxylation sites is 2. The van der Waals surface area contributed by atoms with Gasteiger partial charge in [-0.05, 0) is 12.1 Å². The predicted octanol–water partition coefficient (Wildman–Crippen LogP) is 4.94. The van der Waals surface area contributed by atoms with Crippen molar-refractivity contribution < 1.29 is 9.18 Å². The standard InChI is InChI=1S/C19H12FNO/c20-16-9-3-5-12(11-22)18(16)15-8-4-7-14-13-6-1-2-10-17(13)21-19(14)15/h1-11,21H. The first-order valence-corrected chi connectivity index (χ1v) is 7.03. The molecule has 106 valence electrons. The highest BCUT2D eigenvalue weighted by Crippen LogP contribution is 2.35. The smallest absolute Gasteiger partial charge is 0.150 e. The van der Waals surface area contributed by atoms with E-state index in [1.165, 1.54) is 6.07 Å². The highest BCUT2D eigenvalue weighted by molar-refractivity contribution is 6.12. The van der Waals surface area contributed by atoms with Crippen LogP contribution in [-0.2, 0) is 0 Å². The first kappa shape index (κ1) is 12.8.